The fourth-order valence-electron chi connectivity index (χ4n) is 4.11. The van der Waals surface area contributed by atoms with Crippen LogP contribution >= 0.6 is 0 Å². The summed E-state index contributed by atoms with van der Waals surface area (Å²) in [7, 11) is 1.26. The van der Waals surface area contributed by atoms with Crippen molar-refractivity contribution in [3.8, 4) is 0 Å². The van der Waals surface area contributed by atoms with Crippen LogP contribution in [0.25, 0.3) is 10.9 Å². The Hall–Kier alpha value is -5.50. The van der Waals surface area contributed by atoms with E-state index in [1.165, 1.54) is 24.1 Å². The summed E-state index contributed by atoms with van der Waals surface area (Å²) in [6.45, 7) is 0. The monoisotopic (exact) mass is 516 g/mol. The number of para-hydroxylation sites is 3. The maximum Gasteiger partial charge on any atom is 0.337 e. The molecule has 0 spiro atoms. The Morgan fingerprint density at radius 3 is 1.92 bits per heavy atom. The number of nitrogens with one attached hydrogen (secondary N) is 2. The molecule has 2 N–H and O–H groups in total. The molecule has 3 amide bonds. The number of carbonyl (C=O) groups is 3. The van der Waals surface area contributed by atoms with Crippen molar-refractivity contribution in [1.29, 1.82) is 0 Å². The third-order valence-electron chi connectivity index (χ3n) is 5.93. The Labute approximate surface area is 224 Å². The molecule has 5 aromatic rings. The zero-order valence-corrected chi connectivity index (χ0v) is 21.0. The summed E-state index contributed by atoms with van der Waals surface area (Å²) >= 11 is 0. The average Bonchev–Trinajstić information content (AvgIpc) is 2.97. The van der Waals surface area contributed by atoms with Gasteiger partial charge < -0.3 is 15.4 Å². The Morgan fingerprint density at radius 1 is 0.692 bits per heavy atom. The lowest BCUT2D eigenvalue weighted by Crippen LogP contribution is -2.30. The van der Waals surface area contributed by atoms with Gasteiger partial charge in [-0.3, -0.25) is 9.69 Å². The Bertz CT molecular complexity index is 1620. The van der Waals surface area contributed by atoms with Crippen LogP contribution in [0.4, 0.5) is 27.5 Å². The van der Waals surface area contributed by atoms with Crippen molar-refractivity contribution in [3.63, 3.8) is 0 Å². The van der Waals surface area contributed by atoms with Crippen LogP contribution < -0.4 is 15.5 Å². The number of fused-ring (bicyclic) bond motifs is 1. The van der Waals surface area contributed by atoms with Gasteiger partial charge in [-0.05, 0) is 54.6 Å². The minimum Gasteiger partial charge on any atom is -0.465 e. The normalized spacial score (nSPS) is 10.5. The highest BCUT2D eigenvalue weighted by Gasteiger charge is 2.20. The van der Waals surface area contributed by atoms with E-state index in [0.29, 0.717) is 28.3 Å². The highest BCUT2D eigenvalue weighted by atomic mass is 16.5. The number of rotatable bonds is 6. The number of esters is 1. The molecular weight excluding hydrogens is 492 g/mol. The molecule has 1 heterocycles. The number of ether oxygens (including phenoxy) is 1. The van der Waals surface area contributed by atoms with Crippen molar-refractivity contribution < 1.29 is 19.1 Å². The van der Waals surface area contributed by atoms with Crippen molar-refractivity contribution in [1.82, 2.24) is 4.98 Å². The second-order valence-electron chi connectivity index (χ2n) is 8.57. The minimum atomic E-state index is -0.617. The standard InChI is InChI=1S/C31H24N4O4/c1-39-30(37)22-18-23(32-29(36)28-17-16-21-10-8-9-15-27(21)34-28)20-24(19-22)33-31(38)35(25-11-4-2-5-12-25)26-13-6-3-7-14-26/h2-20H,1H3,(H,32,36)(H,33,38). The fraction of sp³-hybridized carbons (Fsp3) is 0.0323. The van der Waals surface area contributed by atoms with Gasteiger partial charge in [0, 0.05) is 16.8 Å². The van der Waals surface area contributed by atoms with Gasteiger partial charge >= 0.3 is 12.0 Å². The highest BCUT2D eigenvalue weighted by Crippen LogP contribution is 2.27. The number of urea groups is 1. The average molecular weight is 517 g/mol. The van der Waals surface area contributed by atoms with Gasteiger partial charge in [-0.25, -0.2) is 14.6 Å². The number of benzene rings is 4. The molecule has 1 aromatic heterocycles. The molecule has 5 rings (SSSR count). The van der Waals surface area contributed by atoms with Gasteiger partial charge in [0.15, 0.2) is 0 Å². The lowest BCUT2D eigenvalue weighted by Gasteiger charge is -2.23. The third kappa shape index (κ3) is 5.75. The summed E-state index contributed by atoms with van der Waals surface area (Å²) < 4.78 is 4.89. The molecule has 0 radical (unpaired) electrons. The quantitative estimate of drug-likeness (QED) is 0.246. The summed E-state index contributed by atoms with van der Waals surface area (Å²) in [6, 6.07) is 33.4. The van der Waals surface area contributed by atoms with Gasteiger partial charge in [0.05, 0.1) is 29.6 Å². The Balaban J connectivity index is 1.45. The molecule has 0 aliphatic heterocycles. The molecule has 4 aromatic carbocycles. The van der Waals surface area contributed by atoms with E-state index >= 15 is 0 Å². The number of carbonyl (C=O) groups excluding carboxylic acids is 3. The van der Waals surface area contributed by atoms with Gasteiger partial charge in [-0.2, -0.15) is 0 Å². The summed E-state index contributed by atoms with van der Waals surface area (Å²) in [5.41, 5.74) is 2.94. The molecule has 0 aliphatic carbocycles. The summed E-state index contributed by atoms with van der Waals surface area (Å²) in [5, 5.41) is 6.53. The van der Waals surface area contributed by atoms with Gasteiger partial charge in [-0.1, -0.05) is 60.7 Å². The maximum absolute atomic E-state index is 13.5. The largest absolute Gasteiger partial charge is 0.465 e. The zero-order chi connectivity index (χ0) is 27.2. The number of pyridine rings is 1. The number of hydrogen-bond acceptors (Lipinski definition) is 5. The third-order valence-corrected chi connectivity index (χ3v) is 5.93. The predicted octanol–water partition coefficient (Wildman–Crippen LogP) is 6.64. The molecular formula is C31H24N4O4. The first kappa shape index (κ1) is 25.2. The molecule has 0 aliphatic rings. The van der Waals surface area contributed by atoms with Crippen molar-refractivity contribution in [2.75, 3.05) is 22.6 Å². The molecule has 0 atom stereocenters. The van der Waals surface area contributed by atoms with E-state index in [-0.39, 0.29) is 11.3 Å². The highest BCUT2D eigenvalue weighted by molar-refractivity contribution is 6.09. The second-order valence-corrected chi connectivity index (χ2v) is 8.57. The lowest BCUT2D eigenvalue weighted by molar-refractivity contribution is 0.0600. The van der Waals surface area contributed by atoms with Crippen molar-refractivity contribution in [2.45, 2.75) is 0 Å². The number of aromatic nitrogens is 1. The van der Waals surface area contributed by atoms with Gasteiger partial charge in [-0.15, -0.1) is 0 Å². The van der Waals surface area contributed by atoms with Crippen LogP contribution in [0.3, 0.4) is 0 Å². The number of nitrogens with zero attached hydrogens (tertiary/aromatic N) is 2. The minimum absolute atomic E-state index is 0.156. The predicted molar refractivity (Wildman–Crippen MR) is 152 cm³/mol. The summed E-state index contributed by atoms with van der Waals surface area (Å²) in [5.74, 6) is -1.08. The Morgan fingerprint density at radius 2 is 1.28 bits per heavy atom. The molecule has 0 saturated carbocycles. The topological polar surface area (TPSA) is 101 Å². The molecule has 8 nitrogen and oxygen atoms in total. The van der Waals surface area contributed by atoms with Crippen molar-refractivity contribution in [3.05, 3.63) is 127 Å². The Kier molecular flexibility index (Phi) is 7.27. The van der Waals surface area contributed by atoms with Crippen LogP contribution in [-0.4, -0.2) is 30.0 Å². The zero-order valence-electron chi connectivity index (χ0n) is 21.0. The number of methoxy groups -OCH3 is 1. The van der Waals surface area contributed by atoms with Crippen LogP contribution in [0, 0.1) is 0 Å². The SMILES string of the molecule is COC(=O)c1cc(NC(=O)c2ccc3ccccc3n2)cc(NC(=O)N(c2ccccc2)c2ccccc2)c1. The van der Waals surface area contributed by atoms with E-state index in [9.17, 15) is 14.4 Å². The van der Waals surface area contributed by atoms with Gasteiger partial charge in [0.25, 0.3) is 5.91 Å². The number of anilines is 4. The van der Waals surface area contributed by atoms with Crippen LogP contribution in [0.15, 0.2) is 115 Å². The first-order chi connectivity index (χ1) is 19.0. The molecule has 8 heteroatoms. The van der Waals surface area contributed by atoms with E-state index in [2.05, 4.69) is 15.6 Å². The smallest absolute Gasteiger partial charge is 0.337 e. The van der Waals surface area contributed by atoms with E-state index in [4.69, 9.17) is 4.74 Å². The van der Waals surface area contributed by atoms with Crippen molar-refractivity contribution in [2.24, 2.45) is 0 Å². The molecule has 0 unspecified atom stereocenters. The van der Waals surface area contributed by atoms with Crippen molar-refractivity contribution >= 4 is 51.6 Å². The van der Waals surface area contributed by atoms with Crippen LogP contribution in [0.5, 0.6) is 0 Å². The molecule has 0 saturated heterocycles. The molecule has 39 heavy (non-hydrogen) atoms. The summed E-state index contributed by atoms with van der Waals surface area (Å²) in [4.78, 5) is 44.9. The van der Waals surface area contributed by atoms with Gasteiger partial charge in [0.1, 0.15) is 5.69 Å². The first-order valence-electron chi connectivity index (χ1n) is 12.1. The van der Waals surface area contributed by atoms with Crippen LogP contribution in [0.1, 0.15) is 20.8 Å². The van der Waals surface area contributed by atoms with Gasteiger partial charge in [0.2, 0.25) is 0 Å². The van der Waals surface area contributed by atoms with E-state index in [1.54, 1.807) is 12.1 Å². The maximum atomic E-state index is 13.5. The molecule has 0 bridgehead atoms. The number of hydrogen-bond donors (Lipinski definition) is 2. The van der Waals surface area contributed by atoms with E-state index < -0.39 is 17.9 Å². The first-order valence-corrected chi connectivity index (χ1v) is 12.1. The van der Waals surface area contributed by atoms with Crippen LogP contribution in [-0.2, 0) is 4.74 Å². The molecule has 192 valence electrons. The molecule has 0 fully saturated rings. The summed E-state index contributed by atoms with van der Waals surface area (Å²) in [6.07, 6.45) is 0. The van der Waals surface area contributed by atoms with Crippen LogP contribution in [0.2, 0.25) is 0 Å². The van der Waals surface area contributed by atoms with E-state index in [0.717, 1.165) is 5.39 Å². The fourth-order valence-corrected chi connectivity index (χ4v) is 4.11. The second kappa shape index (κ2) is 11.3. The lowest BCUT2D eigenvalue weighted by atomic mass is 10.1. The van der Waals surface area contributed by atoms with E-state index in [1.807, 2.05) is 91.0 Å². The number of amides is 3.